The van der Waals surface area contributed by atoms with Crippen molar-refractivity contribution in [1.29, 1.82) is 0 Å². The van der Waals surface area contributed by atoms with Crippen LogP contribution in [0.2, 0.25) is 0 Å². The number of hydrogen-bond donors (Lipinski definition) is 1. The maximum atomic E-state index is 12.3. The molecule has 0 aliphatic heterocycles. The second-order valence-electron chi connectivity index (χ2n) is 5.76. The van der Waals surface area contributed by atoms with Crippen molar-refractivity contribution in [2.24, 2.45) is 11.7 Å². The topological polar surface area (TPSA) is 63.4 Å². The van der Waals surface area contributed by atoms with Crippen molar-refractivity contribution in [3.63, 3.8) is 0 Å². The standard InChI is InChI=1S/C15H26N2O2S.ClH/c1-12(2)15(16)8-9-17(4)20(18,19)11-14-7-5-6-13(3)10-14;/h5-7,10,12,15H,8-9,11,16H2,1-4H3;1H. The summed E-state index contributed by atoms with van der Waals surface area (Å²) in [5.74, 6) is 0.408. The highest BCUT2D eigenvalue weighted by Gasteiger charge is 2.19. The van der Waals surface area contributed by atoms with Crippen LogP contribution in [0.4, 0.5) is 0 Å². The predicted molar refractivity (Wildman–Crippen MR) is 91.1 cm³/mol. The van der Waals surface area contributed by atoms with Crippen LogP contribution < -0.4 is 5.73 Å². The maximum Gasteiger partial charge on any atom is 0.218 e. The van der Waals surface area contributed by atoms with Crippen molar-refractivity contribution in [3.8, 4) is 0 Å². The molecule has 1 aromatic rings. The molecular formula is C15H27ClN2O2S. The van der Waals surface area contributed by atoms with Gasteiger partial charge in [-0.1, -0.05) is 43.7 Å². The second-order valence-corrected chi connectivity index (χ2v) is 7.84. The van der Waals surface area contributed by atoms with E-state index >= 15 is 0 Å². The summed E-state index contributed by atoms with van der Waals surface area (Å²) < 4.78 is 26.0. The van der Waals surface area contributed by atoms with Crippen molar-refractivity contribution < 1.29 is 8.42 Å². The van der Waals surface area contributed by atoms with E-state index in [0.29, 0.717) is 18.9 Å². The molecule has 21 heavy (non-hydrogen) atoms. The van der Waals surface area contributed by atoms with Crippen LogP contribution in [0.1, 0.15) is 31.4 Å². The maximum absolute atomic E-state index is 12.3. The molecule has 1 atom stereocenters. The largest absolute Gasteiger partial charge is 0.327 e. The molecule has 1 rings (SSSR count). The first-order valence-corrected chi connectivity index (χ1v) is 8.58. The summed E-state index contributed by atoms with van der Waals surface area (Å²) in [7, 11) is -1.65. The van der Waals surface area contributed by atoms with Crippen LogP contribution in [0.15, 0.2) is 24.3 Å². The van der Waals surface area contributed by atoms with Crippen molar-refractivity contribution in [2.75, 3.05) is 13.6 Å². The van der Waals surface area contributed by atoms with Gasteiger partial charge in [0.1, 0.15) is 0 Å². The Labute approximate surface area is 135 Å². The monoisotopic (exact) mass is 334 g/mol. The van der Waals surface area contributed by atoms with Gasteiger partial charge in [-0.2, -0.15) is 0 Å². The number of benzene rings is 1. The zero-order valence-corrected chi connectivity index (χ0v) is 14.9. The Kier molecular flexibility index (Phi) is 8.48. The number of sulfonamides is 1. The van der Waals surface area contributed by atoms with Crippen LogP contribution >= 0.6 is 12.4 Å². The van der Waals surface area contributed by atoms with E-state index in [1.54, 1.807) is 7.05 Å². The molecule has 0 spiro atoms. The van der Waals surface area contributed by atoms with E-state index in [9.17, 15) is 8.42 Å². The molecule has 0 bridgehead atoms. The molecule has 0 radical (unpaired) electrons. The minimum atomic E-state index is -3.27. The number of hydrogen-bond acceptors (Lipinski definition) is 3. The Hall–Kier alpha value is -0.620. The first-order valence-electron chi connectivity index (χ1n) is 6.97. The number of rotatable bonds is 7. The Morgan fingerprint density at radius 2 is 1.90 bits per heavy atom. The van der Waals surface area contributed by atoms with Gasteiger partial charge in [0.2, 0.25) is 10.0 Å². The van der Waals surface area contributed by atoms with Crippen LogP contribution in [-0.2, 0) is 15.8 Å². The third kappa shape index (κ3) is 6.78. The normalized spacial score (nSPS) is 13.3. The quantitative estimate of drug-likeness (QED) is 0.833. The summed E-state index contributed by atoms with van der Waals surface area (Å²) in [6, 6.07) is 7.63. The highest BCUT2D eigenvalue weighted by atomic mass is 35.5. The van der Waals surface area contributed by atoms with Gasteiger partial charge in [0.15, 0.2) is 0 Å². The van der Waals surface area contributed by atoms with E-state index in [1.807, 2.05) is 45.0 Å². The summed E-state index contributed by atoms with van der Waals surface area (Å²) >= 11 is 0. The first kappa shape index (κ1) is 20.4. The number of aryl methyl sites for hydroxylation is 1. The van der Waals surface area contributed by atoms with E-state index < -0.39 is 10.0 Å². The summed E-state index contributed by atoms with van der Waals surface area (Å²) in [4.78, 5) is 0. The number of nitrogens with zero attached hydrogens (tertiary/aromatic N) is 1. The molecule has 0 aliphatic carbocycles. The third-order valence-electron chi connectivity index (χ3n) is 3.54. The first-order chi connectivity index (χ1) is 9.22. The average Bonchev–Trinajstić information content (AvgIpc) is 2.34. The van der Waals surface area contributed by atoms with Crippen LogP contribution in [0.25, 0.3) is 0 Å². The van der Waals surface area contributed by atoms with Crippen LogP contribution in [0, 0.1) is 12.8 Å². The van der Waals surface area contributed by atoms with Gasteiger partial charge >= 0.3 is 0 Å². The Morgan fingerprint density at radius 1 is 1.29 bits per heavy atom. The molecule has 2 N–H and O–H groups in total. The molecule has 0 saturated heterocycles. The fourth-order valence-corrected chi connectivity index (χ4v) is 3.13. The minimum absolute atomic E-state index is 0. The highest BCUT2D eigenvalue weighted by Crippen LogP contribution is 2.12. The van der Waals surface area contributed by atoms with Crippen LogP contribution in [-0.4, -0.2) is 32.4 Å². The molecule has 122 valence electrons. The summed E-state index contributed by atoms with van der Waals surface area (Å²) in [6.45, 7) is 6.52. The van der Waals surface area contributed by atoms with E-state index in [-0.39, 0.29) is 24.2 Å². The molecule has 0 amide bonds. The lowest BCUT2D eigenvalue weighted by molar-refractivity contribution is 0.397. The van der Waals surface area contributed by atoms with Gasteiger partial charge in [0, 0.05) is 19.6 Å². The highest BCUT2D eigenvalue weighted by molar-refractivity contribution is 7.88. The van der Waals surface area contributed by atoms with Gasteiger partial charge in [-0.05, 0) is 24.8 Å². The van der Waals surface area contributed by atoms with Gasteiger partial charge in [-0.3, -0.25) is 0 Å². The van der Waals surface area contributed by atoms with Crippen LogP contribution in [0.5, 0.6) is 0 Å². The molecule has 0 aliphatic rings. The van der Waals surface area contributed by atoms with Gasteiger partial charge in [-0.15, -0.1) is 12.4 Å². The molecule has 0 aromatic heterocycles. The van der Waals surface area contributed by atoms with Crippen molar-refractivity contribution in [3.05, 3.63) is 35.4 Å². The van der Waals surface area contributed by atoms with Crippen molar-refractivity contribution >= 4 is 22.4 Å². The Bertz CT molecular complexity index is 532. The van der Waals surface area contributed by atoms with Gasteiger partial charge in [-0.25, -0.2) is 12.7 Å². The van der Waals surface area contributed by atoms with E-state index in [2.05, 4.69) is 0 Å². The minimum Gasteiger partial charge on any atom is -0.327 e. The molecule has 6 heteroatoms. The Balaban J connectivity index is 0.00000400. The van der Waals surface area contributed by atoms with E-state index in [1.165, 1.54) is 4.31 Å². The number of nitrogens with two attached hydrogens (primary N) is 1. The average molecular weight is 335 g/mol. The lowest BCUT2D eigenvalue weighted by Gasteiger charge is -2.21. The molecule has 1 aromatic carbocycles. The zero-order valence-electron chi connectivity index (χ0n) is 13.2. The molecule has 0 heterocycles. The van der Waals surface area contributed by atoms with Crippen LogP contribution in [0.3, 0.4) is 0 Å². The smallest absolute Gasteiger partial charge is 0.218 e. The summed E-state index contributed by atoms with van der Waals surface area (Å²) in [6.07, 6.45) is 0.682. The fourth-order valence-electron chi connectivity index (χ4n) is 1.93. The molecular weight excluding hydrogens is 308 g/mol. The summed E-state index contributed by atoms with van der Waals surface area (Å²) in [5, 5.41) is 0. The van der Waals surface area contributed by atoms with Crippen molar-refractivity contribution in [2.45, 2.75) is 39.0 Å². The summed E-state index contributed by atoms with van der Waals surface area (Å²) in [5.41, 5.74) is 7.85. The Morgan fingerprint density at radius 3 is 2.43 bits per heavy atom. The fraction of sp³-hybridized carbons (Fsp3) is 0.600. The molecule has 0 fully saturated rings. The molecule has 0 saturated carbocycles. The second kappa shape index (κ2) is 8.73. The zero-order chi connectivity index (χ0) is 15.3. The number of halogens is 1. The van der Waals surface area contributed by atoms with Crippen molar-refractivity contribution in [1.82, 2.24) is 4.31 Å². The van der Waals surface area contributed by atoms with Gasteiger partial charge in [0.25, 0.3) is 0 Å². The van der Waals surface area contributed by atoms with Gasteiger partial charge < -0.3 is 5.73 Å². The lowest BCUT2D eigenvalue weighted by atomic mass is 10.0. The van der Waals surface area contributed by atoms with E-state index in [0.717, 1.165) is 11.1 Å². The molecule has 1 unspecified atom stereocenters. The lowest BCUT2D eigenvalue weighted by Crippen LogP contribution is -2.35. The SMILES string of the molecule is Cc1cccc(CS(=O)(=O)N(C)CCC(N)C(C)C)c1.Cl. The predicted octanol–water partition coefficient (Wildman–Crippen LogP) is 2.55. The van der Waals surface area contributed by atoms with E-state index in [4.69, 9.17) is 5.73 Å². The molecule has 4 nitrogen and oxygen atoms in total. The third-order valence-corrected chi connectivity index (χ3v) is 5.37. The van der Waals surface area contributed by atoms with Gasteiger partial charge in [0.05, 0.1) is 5.75 Å².